The molecule has 1 unspecified atom stereocenters. The van der Waals surface area contributed by atoms with Gasteiger partial charge in [0.15, 0.2) is 0 Å². The van der Waals surface area contributed by atoms with Crippen LogP contribution in [-0.4, -0.2) is 11.5 Å². The highest BCUT2D eigenvalue weighted by atomic mass is 35.5. The molecule has 1 atom stereocenters. The molecule has 4 nitrogen and oxygen atoms in total. The fourth-order valence-corrected chi connectivity index (χ4v) is 2.53. The molecule has 0 aliphatic heterocycles. The lowest BCUT2D eigenvalue weighted by molar-refractivity contribution is -0.384. The molecule has 1 N–H and O–H groups in total. The Morgan fingerprint density at radius 1 is 1.47 bits per heavy atom. The third-order valence-electron chi connectivity index (χ3n) is 3.45. The molecule has 0 heterocycles. The average molecular weight is 281 g/mol. The van der Waals surface area contributed by atoms with E-state index in [1.54, 1.807) is 6.07 Å². The number of nitrogens with one attached hydrogen (secondary N) is 1. The predicted molar refractivity (Wildman–Crippen MR) is 77.8 cm³/mol. The van der Waals surface area contributed by atoms with E-state index in [2.05, 4.69) is 17.5 Å². The van der Waals surface area contributed by atoms with Crippen molar-refractivity contribution in [3.63, 3.8) is 0 Å². The molecule has 0 saturated carbocycles. The lowest BCUT2D eigenvalue weighted by Crippen LogP contribution is -2.15. The highest BCUT2D eigenvalue weighted by Gasteiger charge is 2.16. The maximum Gasteiger partial charge on any atom is 0.288 e. The van der Waals surface area contributed by atoms with Gasteiger partial charge in [0.05, 0.1) is 4.92 Å². The van der Waals surface area contributed by atoms with E-state index in [0.717, 1.165) is 30.6 Å². The Hall–Kier alpha value is -1.55. The molecule has 0 fully saturated rings. The molecule has 19 heavy (non-hydrogen) atoms. The van der Waals surface area contributed by atoms with Crippen LogP contribution in [0.4, 0.5) is 11.4 Å². The summed E-state index contributed by atoms with van der Waals surface area (Å²) in [4.78, 5) is 10.3. The number of hydrogen-bond acceptors (Lipinski definition) is 3. The van der Waals surface area contributed by atoms with Crippen LogP contribution in [0.5, 0.6) is 0 Å². The summed E-state index contributed by atoms with van der Waals surface area (Å²) in [6, 6.07) is 3.17. The van der Waals surface area contributed by atoms with Crippen molar-refractivity contribution in [3.8, 4) is 0 Å². The topological polar surface area (TPSA) is 55.2 Å². The molecule has 0 spiro atoms. The van der Waals surface area contributed by atoms with E-state index in [1.165, 1.54) is 12.5 Å². The predicted octanol–water partition coefficient (Wildman–Crippen LogP) is 4.32. The zero-order valence-corrected chi connectivity index (χ0v) is 11.6. The van der Waals surface area contributed by atoms with E-state index in [4.69, 9.17) is 11.6 Å². The van der Waals surface area contributed by atoms with Crippen molar-refractivity contribution in [3.05, 3.63) is 45.0 Å². The number of nitro benzene ring substituents is 1. The van der Waals surface area contributed by atoms with Gasteiger partial charge in [-0.2, -0.15) is 0 Å². The number of anilines is 1. The Labute approximate surface area is 117 Å². The largest absolute Gasteiger partial charge is 0.384 e. The smallest absolute Gasteiger partial charge is 0.288 e. The maximum absolute atomic E-state index is 10.8. The van der Waals surface area contributed by atoms with Crippen molar-refractivity contribution in [2.75, 3.05) is 11.9 Å². The number of nitro groups is 1. The summed E-state index contributed by atoms with van der Waals surface area (Å²) in [7, 11) is 0. The summed E-state index contributed by atoms with van der Waals surface area (Å²) in [6.45, 7) is 2.73. The number of aryl methyl sites for hydroxylation is 1. The molecule has 5 heteroatoms. The summed E-state index contributed by atoms with van der Waals surface area (Å²) in [5, 5.41) is 14.3. The highest BCUT2D eigenvalue weighted by molar-refractivity contribution is 6.33. The standard InChI is InChI=1S/C14H17ClN2O2/c1-10-7-14(17(18)19)12(15)8-13(10)16-9-11-5-3-2-4-6-11/h2-3,7-8,11,16H,4-6,9H2,1H3. The third kappa shape index (κ3) is 3.47. The van der Waals surface area contributed by atoms with Crippen molar-refractivity contribution < 1.29 is 4.92 Å². The Kier molecular flexibility index (Phi) is 4.43. The van der Waals surface area contributed by atoms with Gasteiger partial charge in [-0.05, 0) is 43.7 Å². The molecule has 1 aliphatic rings. The first-order valence-corrected chi connectivity index (χ1v) is 6.79. The summed E-state index contributed by atoms with van der Waals surface area (Å²) >= 11 is 5.93. The van der Waals surface area contributed by atoms with Gasteiger partial charge in [-0.25, -0.2) is 0 Å². The van der Waals surface area contributed by atoms with E-state index in [0.29, 0.717) is 5.92 Å². The van der Waals surface area contributed by atoms with Crippen LogP contribution in [0.2, 0.25) is 5.02 Å². The number of hydrogen-bond donors (Lipinski definition) is 1. The second kappa shape index (κ2) is 6.06. The Morgan fingerprint density at radius 3 is 2.89 bits per heavy atom. The summed E-state index contributed by atoms with van der Waals surface area (Å²) in [6.07, 6.45) is 7.83. The van der Waals surface area contributed by atoms with Crippen molar-refractivity contribution in [1.82, 2.24) is 0 Å². The molecule has 0 aromatic heterocycles. The molecule has 1 aromatic carbocycles. The summed E-state index contributed by atoms with van der Waals surface area (Å²) < 4.78 is 0. The minimum absolute atomic E-state index is 0.0367. The normalized spacial score (nSPS) is 18.3. The molecule has 102 valence electrons. The van der Waals surface area contributed by atoms with Gasteiger partial charge in [0.1, 0.15) is 5.02 Å². The van der Waals surface area contributed by atoms with Crippen molar-refractivity contribution in [1.29, 1.82) is 0 Å². The average Bonchev–Trinajstić information content (AvgIpc) is 2.40. The number of nitrogens with zero attached hydrogens (tertiary/aromatic N) is 1. The van der Waals surface area contributed by atoms with Crippen LogP contribution in [0, 0.1) is 23.0 Å². The Morgan fingerprint density at radius 2 is 2.26 bits per heavy atom. The van der Waals surface area contributed by atoms with Crippen LogP contribution in [0.15, 0.2) is 24.3 Å². The van der Waals surface area contributed by atoms with E-state index >= 15 is 0 Å². The van der Waals surface area contributed by atoms with Gasteiger partial charge in [0, 0.05) is 18.3 Å². The molecule has 0 bridgehead atoms. The lowest BCUT2D eigenvalue weighted by Gasteiger charge is -2.19. The first-order chi connectivity index (χ1) is 9.08. The number of halogens is 1. The molecule has 2 rings (SSSR count). The van der Waals surface area contributed by atoms with Crippen LogP contribution in [0.3, 0.4) is 0 Å². The highest BCUT2D eigenvalue weighted by Crippen LogP contribution is 2.31. The van der Waals surface area contributed by atoms with Gasteiger partial charge in [-0.1, -0.05) is 23.8 Å². The first kappa shape index (κ1) is 13.9. The number of rotatable bonds is 4. The monoisotopic (exact) mass is 280 g/mol. The Bertz CT molecular complexity index is 514. The van der Waals surface area contributed by atoms with E-state index in [-0.39, 0.29) is 10.7 Å². The van der Waals surface area contributed by atoms with Gasteiger partial charge in [-0.3, -0.25) is 10.1 Å². The summed E-state index contributed by atoms with van der Waals surface area (Å²) in [5.41, 5.74) is 1.69. The fraction of sp³-hybridized carbons (Fsp3) is 0.429. The van der Waals surface area contributed by atoms with Gasteiger partial charge >= 0.3 is 0 Å². The molecular formula is C14H17ClN2O2. The SMILES string of the molecule is Cc1cc([N+](=O)[O-])c(Cl)cc1NCC1CC=CCC1. The Balaban J connectivity index is 2.06. The van der Waals surface area contributed by atoms with Gasteiger partial charge in [0.25, 0.3) is 5.69 Å². The van der Waals surface area contributed by atoms with E-state index in [9.17, 15) is 10.1 Å². The molecule has 0 saturated heterocycles. The van der Waals surface area contributed by atoms with Gasteiger partial charge < -0.3 is 5.32 Å². The lowest BCUT2D eigenvalue weighted by atomic mass is 9.94. The van der Waals surface area contributed by atoms with Gasteiger partial charge in [-0.15, -0.1) is 0 Å². The molecular weight excluding hydrogens is 264 g/mol. The zero-order chi connectivity index (χ0) is 13.8. The van der Waals surface area contributed by atoms with Crippen molar-refractivity contribution in [2.45, 2.75) is 26.2 Å². The molecule has 0 amide bonds. The van der Waals surface area contributed by atoms with Crippen LogP contribution in [0.25, 0.3) is 0 Å². The third-order valence-corrected chi connectivity index (χ3v) is 3.75. The van der Waals surface area contributed by atoms with Crippen LogP contribution in [0.1, 0.15) is 24.8 Å². The molecule has 0 radical (unpaired) electrons. The second-order valence-corrected chi connectivity index (χ2v) is 5.31. The first-order valence-electron chi connectivity index (χ1n) is 6.41. The summed E-state index contributed by atoms with van der Waals surface area (Å²) in [5.74, 6) is 0.623. The number of benzene rings is 1. The zero-order valence-electron chi connectivity index (χ0n) is 10.9. The maximum atomic E-state index is 10.8. The minimum Gasteiger partial charge on any atom is -0.384 e. The fourth-order valence-electron chi connectivity index (χ4n) is 2.29. The van der Waals surface area contributed by atoms with Crippen LogP contribution in [-0.2, 0) is 0 Å². The van der Waals surface area contributed by atoms with E-state index in [1.807, 2.05) is 6.92 Å². The number of allylic oxidation sites excluding steroid dienone is 2. The van der Waals surface area contributed by atoms with Crippen molar-refractivity contribution in [2.24, 2.45) is 5.92 Å². The van der Waals surface area contributed by atoms with E-state index < -0.39 is 4.92 Å². The minimum atomic E-state index is -0.453. The second-order valence-electron chi connectivity index (χ2n) is 4.91. The van der Waals surface area contributed by atoms with Gasteiger partial charge in [0.2, 0.25) is 0 Å². The van der Waals surface area contributed by atoms with Crippen LogP contribution >= 0.6 is 11.6 Å². The van der Waals surface area contributed by atoms with Crippen molar-refractivity contribution >= 4 is 23.0 Å². The van der Waals surface area contributed by atoms with Crippen LogP contribution < -0.4 is 5.32 Å². The quantitative estimate of drug-likeness (QED) is 0.507. The molecule has 1 aliphatic carbocycles. The molecule has 1 aromatic rings.